The van der Waals surface area contributed by atoms with Crippen LogP contribution in [0.3, 0.4) is 0 Å². The third-order valence-electron chi connectivity index (χ3n) is 4.27. The Kier molecular flexibility index (Phi) is 8.08. The van der Waals surface area contributed by atoms with E-state index >= 15 is 0 Å². The van der Waals surface area contributed by atoms with Crippen LogP contribution in [-0.4, -0.2) is 54.1 Å². The molecule has 0 aliphatic carbocycles. The molecule has 1 aliphatic rings. The van der Waals surface area contributed by atoms with Gasteiger partial charge in [0, 0.05) is 30.2 Å². The van der Waals surface area contributed by atoms with E-state index in [0.29, 0.717) is 31.0 Å². The van der Waals surface area contributed by atoms with E-state index < -0.39 is 11.7 Å². The highest BCUT2D eigenvalue weighted by molar-refractivity contribution is 6.30. The quantitative estimate of drug-likeness (QED) is 0.715. The Morgan fingerprint density at radius 1 is 1.17 bits per heavy atom. The minimum atomic E-state index is -0.611. The monoisotopic (exact) mass is 421 g/mol. The zero-order chi connectivity index (χ0) is 21.4. The lowest BCUT2D eigenvalue weighted by Crippen LogP contribution is -2.49. The van der Waals surface area contributed by atoms with E-state index in [1.807, 2.05) is 12.1 Å². The van der Waals surface area contributed by atoms with Crippen LogP contribution in [0.2, 0.25) is 5.02 Å². The molecule has 1 heterocycles. The van der Waals surface area contributed by atoms with Gasteiger partial charge in [-0.1, -0.05) is 23.7 Å². The first kappa shape index (κ1) is 22.7. The number of hydrogen-bond acceptors (Lipinski definition) is 4. The van der Waals surface area contributed by atoms with Crippen molar-refractivity contribution in [3.63, 3.8) is 0 Å². The van der Waals surface area contributed by atoms with E-state index in [0.717, 1.165) is 5.56 Å². The Hall–Kier alpha value is -2.54. The van der Waals surface area contributed by atoms with Crippen molar-refractivity contribution in [3.8, 4) is 0 Å². The average Bonchev–Trinajstić information content (AvgIpc) is 2.65. The van der Waals surface area contributed by atoms with Gasteiger partial charge in [0.15, 0.2) is 0 Å². The number of carbonyl (C=O) groups excluding carboxylic acids is 3. The van der Waals surface area contributed by atoms with Crippen LogP contribution < -0.4 is 10.6 Å². The first-order chi connectivity index (χ1) is 13.6. The summed E-state index contributed by atoms with van der Waals surface area (Å²) in [5.41, 5.74) is 0.286. The molecule has 1 aromatic carbocycles. The summed E-state index contributed by atoms with van der Waals surface area (Å²) in [5.74, 6) is -0.334. The molecular weight excluding hydrogens is 394 g/mol. The maximum atomic E-state index is 12.2. The van der Waals surface area contributed by atoms with Gasteiger partial charge in [0.25, 0.3) is 0 Å². The molecule has 1 aliphatic heterocycles. The second-order valence-electron chi connectivity index (χ2n) is 7.90. The molecule has 158 valence electrons. The molecule has 1 saturated heterocycles. The predicted molar refractivity (Wildman–Crippen MR) is 112 cm³/mol. The summed E-state index contributed by atoms with van der Waals surface area (Å²) in [7, 11) is 0. The standard InChI is InChI=1S/C21H28ClN3O4/c1-21(2,3)29-20(28)23-14-19(27)25-12-10-17(11-13-25)24-18(26)9-6-15-4-7-16(22)8-5-15/h4-9,17H,10-14H2,1-3H3,(H,23,28)(H,24,26)/b9-6+. The summed E-state index contributed by atoms with van der Waals surface area (Å²) in [6, 6.07) is 7.22. The number of benzene rings is 1. The van der Waals surface area contributed by atoms with Crippen molar-refractivity contribution in [3.05, 3.63) is 40.9 Å². The van der Waals surface area contributed by atoms with Crippen molar-refractivity contribution in [2.24, 2.45) is 0 Å². The number of ether oxygens (including phenoxy) is 1. The summed E-state index contributed by atoms with van der Waals surface area (Å²) >= 11 is 5.84. The zero-order valence-corrected chi connectivity index (χ0v) is 17.8. The van der Waals surface area contributed by atoms with Gasteiger partial charge in [-0.15, -0.1) is 0 Å². The molecule has 2 rings (SSSR count). The van der Waals surface area contributed by atoms with Crippen LogP contribution in [0.1, 0.15) is 39.2 Å². The second kappa shape index (κ2) is 10.3. The van der Waals surface area contributed by atoms with E-state index in [4.69, 9.17) is 16.3 Å². The van der Waals surface area contributed by atoms with Gasteiger partial charge in [-0.25, -0.2) is 4.79 Å². The number of likely N-dealkylation sites (tertiary alicyclic amines) is 1. The molecule has 0 spiro atoms. The molecule has 2 N–H and O–H groups in total. The SMILES string of the molecule is CC(C)(C)OC(=O)NCC(=O)N1CCC(NC(=O)/C=C/c2ccc(Cl)cc2)CC1. The average molecular weight is 422 g/mol. The van der Waals surface area contributed by atoms with Crippen LogP contribution in [-0.2, 0) is 14.3 Å². The van der Waals surface area contributed by atoms with Crippen LogP contribution in [0.25, 0.3) is 6.08 Å². The molecule has 0 radical (unpaired) electrons. The van der Waals surface area contributed by atoms with Crippen molar-refractivity contribution in [2.45, 2.75) is 45.3 Å². The topological polar surface area (TPSA) is 87.7 Å². The number of alkyl carbamates (subject to hydrolysis) is 1. The Balaban J connectivity index is 1.70. The smallest absolute Gasteiger partial charge is 0.408 e. The van der Waals surface area contributed by atoms with E-state index in [1.165, 1.54) is 6.08 Å². The number of nitrogens with zero attached hydrogens (tertiary/aromatic N) is 1. The van der Waals surface area contributed by atoms with Crippen LogP contribution in [0.4, 0.5) is 4.79 Å². The molecule has 0 bridgehead atoms. The lowest BCUT2D eigenvalue weighted by Gasteiger charge is -2.32. The number of rotatable bonds is 5. The molecule has 7 nitrogen and oxygen atoms in total. The molecule has 29 heavy (non-hydrogen) atoms. The first-order valence-corrected chi connectivity index (χ1v) is 9.99. The van der Waals surface area contributed by atoms with Gasteiger partial charge in [0.2, 0.25) is 11.8 Å². The Bertz CT molecular complexity index is 748. The number of nitrogens with one attached hydrogen (secondary N) is 2. The number of amides is 3. The van der Waals surface area contributed by atoms with Crippen molar-refractivity contribution in [1.29, 1.82) is 0 Å². The van der Waals surface area contributed by atoms with Crippen LogP contribution in [0.5, 0.6) is 0 Å². The van der Waals surface area contributed by atoms with Crippen LogP contribution in [0.15, 0.2) is 30.3 Å². The van der Waals surface area contributed by atoms with Gasteiger partial charge in [-0.05, 0) is 57.4 Å². The van der Waals surface area contributed by atoms with E-state index in [-0.39, 0.29) is 24.4 Å². The number of piperidine rings is 1. The Morgan fingerprint density at radius 3 is 2.38 bits per heavy atom. The van der Waals surface area contributed by atoms with Crippen molar-refractivity contribution < 1.29 is 19.1 Å². The highest BCUT2D eigenvalue weighted by Crippen LogP contribution is 2.12. The van der Waals surface area contributed by atoms with Crippen molar-refractivity contribution >= 4 is 35.6 Å². The summed E-state index contributed by atoms with van der Waals surface area (Å²) < 4.78 is 5.12. The molecule has 0 aromatic heterocycles. The lowest BCUT2D eigenvalue weighted by atomic mass is 10.0. The van der Waals surface area contributed by atoms with Gasteiger partial charge in [-0.2, -0.15) is 0 Å². The van der Waals surface area contributed by atoms with Gasteiger partial charge >= 0.3 is 6.09 Å². The highest BCUT2D eigenvalue weighted by Gasteiger charge is 2.24. The minimum absolute atomic E-state index is 0.0141. The normalized spacial score (nSPS) is 15.2. The van der Waals surface area contributed by atoms with Gasteiger partial charge in [-0.3, -0.25) is 9.59 Å². The largest absolute Gasteiger partial charge is 0.444 e. The molecule has 1 aromatic rings. The molecule has 0 atom stereocenters. The van der Waals surface area contributed by atoms with E-state index in [2.05, 4.69) is 10.6 Å². The third kappa shape index (κ3) is 8.56. The molecule has 3 amide bonds. The molecule has 0 saturated carbocycles. The first-order valence-electron chi connectivity index (χ1n) is 9.61. The Morgan fingerprint density at radius 2 is 1.79 bits per heavy atom. The molecule has 0 unspecified atom stereocenters. The lowest BCUT2D eigenvalue weighted by molar-refractivity contribution is -0.131. The second-order valence-corrected chi connectivity index (χ2v) is 8.34. The fraction of sp³-hybridized carbons (Fsp3) is 0.476. The summed E-state index contributed by atoms with van der Waals surface area (Å²) in [4.78, 5) is 37.6. The zero-order valence-electron chi connectivity index (χ0n) is 17.0. The summed E-state index contributed by atoms with van der Waals surface area (Å²) in [5, 5.41) is 6.08. The van der Waals surface area contributed by atoms with Gasteiger partial charge in [0.1, 0.15) is 12.1 Å². The van der Waals surface area contributed by atoms with Crippen LogP contribution in [0, 0.1) is 0 Å². The van der Waals surface area contributed by atoms with Crippen LogP contribution >= 0.6 is 11.6 Å². The van der Waals surface area contributed by atoms with E-state index in [1.54, 1.807) is 43.9 Å². The highest BCUT2D eigenvalue weighted by atomic mass is 35.5. The van der Waals surface area contributed by atoms with Crippen molar-refractivity contribution in [2.75, 3.05) is 19.6 Å². The predicted octanol–water partition coefficient (Wildman–Crippen LogP) is 2.99. The molecule has 1 fully saturated rings. The maximum Gasteiger partial charge on any atom is 0.408 e. The fourth-order valence-electron chi connectivity index (χ4n) is 2.84. The number of carbonyl (C=O) groups is 3. The summed E-state index contributed by atoms with van der Waals surface area (Å²) in [6.45, 7) is 6.24. The summed E-state index contributed by atoms with van der Waals surface area (Å²) in [6.07, 6.45) is 3.94. The fourth-order valence-corrected chi connectivity index (χ4v) is 2.97. The van der Waals surface area contributed by atoms with Crippen molar-refractivity contribution in [1.82, 2.24) is 15.5 Å². The maximum absolute atomic E-state index is 12.2. The van der Waals surface area contributed by atoms with Gasteiger partial charge < -0.3 is 20.3 Å². The molecule has 8 heteroatoms. The van der Waals surface area contributed by atoms with Gasteiger partial charge in [0.05, 0.1) is 0 Å². The molecular formula is C21H28ClN3O4. The third-order valence-corrected chi connectivity index (χ3v) is 4.53. The van der Waals surface area contributed by atoms with E-state index in [9.17, 15) is 14.4 Å². The number of halogens is 1. The number of hydrogen-bond donors (Lipinski definition) is 2. The Labute approximate surface area is 176 Å². The minimum Gasteiger partial charge on any atom is -0.444 e.